The van der Waals surface area contributed by atoms with Crippen molar-refractivity contribution in [2.24, 2.45) is 0 Å². The predicted molar refractivity (Wildman–Crippen MR) is 124 cm³/mol. The van der Waals surface area contributed by atoms with Gasteiger partial charge in [-0.25, -0.2) is 4.79 Å². The van der Waals surface area contributed by atoms with Crippen molar-refractivity contribution in [3.63, 3.8) is 0 Å². The van der Waals surface area contributed by atoms with E-state index in [1.807, 2.05) is 21.4 Å². The van der Waals surface area contributed by atoms with Gasteiger partial charge in [0, 0.05) is 42.0 Å². The zero-order valence-corrected chi connectivity index (χ0v) is 18.7. The number of hydrogen-bond acceptors (Lipinski definition) is 5. The molecule has 8 nitrogen and oxygen atoms in total. The van der Waals surface area contributed by atoms with E-state index in [-0.39, 0.29) is 5.69 Å². The van der Waals surface area contributed by atoms with Gasteiger partial charge < -0.3 is 0 Å². The van der Waals surface area contributed by atoms with Crippen molar-refractivity contribution in [2.75, 3.05) is 0 Å². The largest absolute Gasteiger partial charge is 0.328 e. The fraction of sp³-hybridized carbons (Fsp3) is 0.375. The standard InChI is InChI=1S/C24H29N7O/c1-3-5-6-14-30-17-20(7-4-2)31(24(30)32)16-18-8-10-19(11-9-18)22-15-25-13-12-21(22)23-26-28-29-27-23/h8-13,15,17H,3-7,14,16H2,1-2H3,(H,26,27,28,29). The van der Waals surface area contributed by atoms with Crippen molar-refractivity contribution in [2.45, 2.75) is 59.0 Å². The first-order valence-corrected chi connectivity index (χ1v) is 11.3. The Morgan fingerprint density at radius 3 is 2.56 bits per heavy atom. The number of rotatable bonds is 10. The summed E-state index contributed by atoms with van der Waals surface area (Å²) in [6.45, 7) is 5.68. The average molecular weight is 432 g/mol. The molecule has 0 spiro atoms. The molecule has 8 heteroatoms. The first-order chi connectivity index (χ1) is 15.7. The molecule has 0 fully saturated rings. The number of imidazole rings is 1. The molecule has 32 heavy (non-hydrogen) atoms. The average Bonchev–Trinajstić information content (AvgIpc) is 3.45. The van der Waals surface area contributed by atoms with Crippen LogP contribution in [0.25, 0.3) is 22.5 Å². The van der Waals surface area contributed by atoms with Crippen molar-refractivity contribution in [1.82, 2.24) is 34.7 Å². The van der Waals surface area contributed by atoms with Gasteiger partial charge in [-0.15, -0.1) is 10.2 Å². The molecular weight excluding hydrogens is 402 g/mol. The Morgan fingerprint density at radius 1 is 1.00 bits per heavy atom. The van der Waals surface area contributed by atoms with E-state index in [9.17, 15) is 4.79 Å². The molecular formula is C24H29N7O. The second-order valence-corrected chi connectivity index (χ2v) is 7.99. The number of aromatic nitrogens is 7. The van der Waals surface area contributed by atoms with Crippen molar-refractivity contribution in [3.05, 3.63) is 70.7 Å². The minimum absolute atomic E-state index is 0.0836. The topological polar surface area (TPSA) is 94.3 Å². The molecule has 0 saturated heterocycles. The van der Waals surface area contributed by atoms with Crippen LogP contribution in [0.4, 0.5) is 0 Å². The number of nitrogens with zero attached hydrogens (tertiary/aromatic N) is 6. The number of tetrazole rings is 1. The second-order valence-electron chi connectivity index (χ2n) is 7.99. The highest BCUT2D eigenvalue weighted by Crippen LogP contribution is 2.29. The molecule has 4 aromatic rings. The van der Waals surface area contributed by atoms with Crippen LogP contribution >= 0.6 is 0 Å². The van der Waals surface area contributed by atoms with Gasteiger partial charge in [-0.2, -0.15) is 5.21 Å². The molecule has 3 heterocycles. The molecule has 0 aliphatic rings. The van der Waals surface area contributed by atoms with Crippen LogP contribution in [0.2, 0.25) is 0 Å². The molecule has 0 atom stereocenters. The summed E-state index contributed by atoms with van der Waals surface area (Å²) < 4.78 is 3.79. The lowest BCUT2D eigenvalue weighted by atomic mass is 10.0. The molecule has 1 aromatic carbocycles. The van der Waals surface area contributed by atoms with Gasteiger partial charge in [-0.1, -0.05) is 57.4 Å². The summed E-state index contributed by atoms with van der Waals surface area (Å²) in [5.74, 6) is 0.534. The van der Waals surface area contributed by atoms with Gasteiger partial charge in [-0.3, -0.25) is 14.1 Å². The van der Waals surface area contributed by atoms with Gasteiger partial charge in [0.25, 0.3) is 0 Å². The monoisotopic (exact) mass is 431 g/mol. The molecule has 1 N–H and O–H groups in total. The Balaban J connectivity index is 1.58. The third-order valence-corrected chi connectivity index (χ3v) is 5.65. The lowest BCUT2D eigenvalue weighted by Gasteiger charge is -2.09. The summed E-state index contributed by atoms with van der Waals surface area (Å²) in [5.41, 5.74) is 5.09. The molecule has 166 valence electrons. The van der Waals surface area contributed by atoms with Crippen LogP contribution in [0.15, 0.2) is 53.7 Å². The quantitative estimate of drug-likeness (QED) is 0.382. The summed E-state index contributed by atoms with van der Waals surface area (Å²) in [6, 6.07) is 10.1. The molecule has 3 aromatic heterocycles. The van der Waals surface area contributed by atoms with E-state index in [4.69, 9.17) is 0 Å². The third-order valence-electron chi connectivity index (χ3n) is 5.65. The van der Waals surface area contributed by atoms with Gasteiger partial charge in [0.1, 0.15) is 0 Å². The van der Waals surface area contributed by atoms with Crippen LogP contribution in [0.3, 0.4) is 0 Å². The number of benzene rings is 1. The van der Waals surface area contributed by atoms with Crippen LogP contribution in [-0.2, 0) is 19.5 Å². The summed E-state index contributed by atoms with van der Waals surface area (Å²) in [7, 11) is 0. The summed E-state index contributed by atoms with van der Waals surface area (Å²) in [4.78, 5) is 17.3. The van der Waals surface area contributed by atoms with Crippen LogP contribution in [0, 0.1) is 0 Å². The Kier molecular flexibility index (Phi) is 6.89. The first-order valence-electron chi connectivity index (χ1n) is 11.3. The smallest absolute Gasteiger partial charge is 0.299 e. The molecule has 0 aliphatic heterocycles. The summed E-state index contributed by atoms with van der Waals surface area (Å²) in [6.07, 6.45) is 10.8. The maximum absolute atomic E-state index is 13.0. The molecule has 0 unspecified atom stereocenters. The summed E-state index contributed by atoms with van der Waals surface area (Å²) in [5, 5.41) is 14.3. The van der Waals surface area contributed by atoms with E-state index in [1.54, 1.807) is 12.4 Å². The van der Waals surface area contributed by atoms with E-state index in [0.29, 0.717) is 12.4 Å². The Labute approximate surface area is 187 Å². The third kappa shape index (κ3) is 4.69. The lowest BCUT2D eigenvalue weighted by molar-refractivity contribution is 0.573. The van der Waals surface area contributed by atoms with E-state index in [1.165, 1.54) is 0 Å². The normalized spacial score (nSPS) is 11.2. The SMILES string of the molecule is CCCCCn1cc(CCC)n(Cc2ccc(-c3cnccc3-c3nn[nH]n3)cc2)c1=O. The number of pyridine rings is 1. The van der Waals surface area contributed by atoms with Crippen LogP contribution < -0.4 is 5.69 Å². The molecule has 4 rings (SSSR count). The second kappa shape index (κ2) is 10.2. The van der Waals surface area contributed by atoms with Crippen LogP contribution in [0.5, 0.6) is 0 Å². The van der Waals surface area contributed by atoms with E-state index >= 15 is 0 Å². The zero-order chi connectivity index (χ0) is 22.3. The first kappa shape index (κ1) is 21.7. The van der Waals surface area contributed by atoms with Gasteiger partial charge in [0.15, 0.2) is 0 Å². The molecule has 0 bridgehead atoms. The van der Waals surface area contributed by atoms with E-state index in [0.717, 1.165) is 66.6 Å². The molecule has 0 aliphatic carbocycles. The van der Waals surface area contributed by atoms with Crippen LogP contribution in [-0.4, -0.2) is 34.7 Å². The van der Waals surface area contributed by atoms with Gasteiger partial charge in [0.05, 0.1) is 6.54 Å². The van der Waals surface area contributed by atoms with E-state index in [2.05, 4.69) is 63.7 Å². The fourth-order valence-corrected chi connectivity index (χ4v) is 3.97. The number of aryl methyl sites for hydroxylation is 2. The van der Waals surface area contributed by atoms with Crippen molar-refractivity contribution >= 4 is 0 Å². The molecule has 0 saturated carbocycles. The number of nitrogens with one attached hydrogen (secondary N) is 1. The maximum atomic E-state index is 13.0. The number of hydrogen-bond donors (Lipinski definition) is 1. The van der Waals surface area contributed by atoms with Gasteiger partial charge in [0.2, 0.25) is 5.82 Å². The fourth-order valence-electron chi connectivity index (χ4n) is 3.97. The highest BCUT2D eigenvalue weighted by molar-refractivity contribution is 5.79. The molecule has 0 amide bonds. The zero-order valence-electron chi connectivity index (χ0n) is 18.7. The molecule has 0 radical (unpaired) electrons. The minimum Gasteiger partial charge on any atom is -0.299 e. The number of aromatic amines is 1. The highest BCUT2D eigenvalue weighted by Gasteiger charge is 2.13. The Morgan fingerprint density at radius 2 is 1.84 bits per heavy atom. The van der Waals surface area contributed by atoms with Crippen molar-refractivity contribution < 1.29 is 0 Å². The van der Waals surface area contributed by atoms with E-state index < -0.39 is 0 Å². The van der Waals surface area contributed by atoms with Crippen molar-refractivity contribution in [3.8, 4) is 22.5 Å². The highest BCUT2D eigenvalue weighted by atomic mass is 16.1. The number of H-pyrrole nitrogens is 1. The lowest BCUT2D eigenvalue weighted by Crippen LogP contribution is -2.25. The predicted octanol–water partition coefficient (Wildman–Crippen LogP) is 4.08. The maximum Gasteiger partial charge on any atom is 0.328 e. The Bertz CT molecular complexity index is 1190. The number of unbranched alkanes of at least 4 members (excludes halogenated alkanes) is 2. The van der Waals surface area contributed by atoms with Gasteiger partial charge >= 0.3 is 5.69 Å². The Hall–Kier alpha value is -3.55. The van der Waals surface area contributed by atoms with Crippen LogP contribution in [0.1, 0.15) is 50.8 Å². The van der Waals surface area contributed by atoms with Crippen molar-refractivity contribution in [1.29, 1.82) is 0 Å². The van der Waals surface area contributed by atoms with Gasteiger partial charge in [-0.05, 0) is 35.2 Å². The minimum atomic E-state index is 0.0836. The summed E-state index contributed by atoms with van der Waals surface area (Å²) >= 11 is 0.